The predicted octanol–water partition coefficient (Wildman–Crippen LogP) is 1.99. The zero-order valence-corrected chi connectivity index (χ0v) is 10.4. The molecule has 94 valence electrons. The lowest BCUT2D eigenvalue weighted by Gasteiger charge is -2.20. The first kappa shape index (κ1) is 13.5. The van der Waals surface area contributed by atoms with Crippen molar-refractivity contribution in [1.82, 2.24) is 5.32 Å². The van der Waals surface area contributed by atoms with Crippen LogP contribution in [0.25, 0.3) is 0 Å². The summed E-state index contributed by atoms with van der Waals surface area (Å²) < 4.78 is 5.03. The van der Waals surface area contributed by atoms with Gasteiger partial charge in [0.05, 0.1) is 6.61 Å². The number of hydrogen-bond acceptors (Lipinski definition) is 4. The number of aromatic hydroxyl groups is 1. The van der Waals surface area contributed by atoms with E-state index >= 15 is 0 Å². The first-order valence-electron chi connectivity index (χ1n) is 5.76. The third-order valence-electron chi connectivity index (χ3n) is 2.25. The standard InChI is InChI=1S/C13H19NO3/c1-4-17-13(16)12(14-9(2)3)10-5-7-11(15)8-6-10/h5-9,12,14-15H,4H2,1-3H3. The Balaban J connectivity index is 2.89. The normalized spacial score (nSPS) is 12.5. The Morgan fingerprint density at radius 1 is 1.35 bits per heavy atom. The Morgan fingerprint density at radius 2 is 1.94 bits per heavy atom. The Labute approximate surface area is 102 Å². The van der Waals surface area contributed by atoms with Crippen molar-refractivity contribution >= 4 is 5.97 Å². The topological polar surface area (TPSA) is 58.6 Å². The van der Waals surface area contributed by atoms with Crippen LogP contribution in [-0.4, -0.2) is 23.7 Å². The molecule has 0 radical (unpaired) electrons. The molecular weight excluding hydrogens is 218 g/mol. The van der Waals surface area contributed by atoms with Crippen LogP contribution in [0.2, 0.25) is 0 Å². The van der Waals surface area contributed by atoms with Crippen molar-refractivity contribution in [3.8, 4) is 5.75 Å². The fourth-order valence-electron chi connectivity index (χ4n) is 1.53. The van der Waals surface area contributed by atoms with Crippen molar-refractivity contribution in [3.63, 3.8) is 0 Å². The quantitative estimate of drug-likeness (QED) is 0.769. The molecule has 17 heavy (non-hydrogen) atoms. The second kappa shape index (κ2) is 6.25. The van der Waals surface area contributed by atoms with E-state index in [1.165, 1.54) is 0 Å². The average molecular weight is 237 g/mol. The lowest BCUT2D eigenvalue weighted by atomic mass is 10.1. The van der Waals surface area contributed by atoms with Gasteiger partial charge in [-0.15, -0.1) is 0 Å². The third kappa shape index (κ3) is 4.07. The molecule has 1 rings (SSSR count). The summed E-state index contributed by atoms with van der Waals surface area (Å²) in [6.45, 7) is 6.06. The minimum atomic E-state index is -0.490. The minimum Gasteiger partial charge on any atom is -0.508 e. The molecule has 0 bridgehead atoms. The highest BCUT2D eigenvalue weighted by Gasteiger charge is 2.22. The van der Waals surface area contributed by atoms with Gasteiger partial charge < -0.3 is 9.84 Å². The molecule has 0 spiro atoms. The van der Waals surface area contributed by atoms with E-state index in [2.05, 4.69) is 5.32 Å². The number of phenolic OH excluding ortho intramolecular Hbond substituents is 1. The molecule has 0 saturated heterocycles. The minimum absolute atomic E-state index is 0.165. The van der Waals surface area contributed by atoms with Crippen LogP contribution in [0.5, 0.6) is 5.75 Å². The highest BCUT2D eigenvalue weighted by atomic mass is 16.5. The number of rotatable bonds is 5. The van der Waals surface area contributed by atoms with Crippen molar-refractivity contribution in [2.75, 3.05) is 6.61 Å². The summed E-state index contributed by atoms with van der Waals surface area (Å²) in [5.74, 6) is -0.118. The van der Waals surface area contributed by atoms with Gasteiger partial charge in [0.25, 0.3) is 0 Å². The van der Waals surface area contributed by atoms with Gasteiger partial charge in [-0.25, -0.2) is 4.79 Å². The number of carbonyl (C=O) groups is 1. The molecule has 4 nitrogen and oxygen atoms in total. The summed E-state index contributed by atoms with van der Waals surface area (Å²) >= 11 is 0. The van der Waals surface area contributed by atoms with E-state index in [9.17, 15) is 9.90 Å². The molecular formula is C13H19NO3. The fourth-order valence-corrected chi connectivity index (χ4v) is 1.53. The van der Waals surface area contributed by atoms with Crippen LogP contribution in [0.15, 0.2) is 24.3 Å². The molecule has 1 atom stereocenters. The number of phenols is 1. The van der Waals surface area contributed by atoms with Crippen molar-refractivity contribution in [2.45, 2.75) is 32.9 Å². The van der Waals surface area contributed by atoms with Gasteiger partial charge >= 0.3 is 5.97 Å². The Hall–Kier alpha value is -1.55. The number of nitrogens with one attached hydrogen (secondary N) is 1. The summed E-state index contributed by atoms with van der Waals surface area (Å²) in [4.78, 5) is 11.8. The molecule has 4 heteroatoms. The first-order chi connectivity index (χ1) is 8.04. The molecule has 0 amide bonds. The maximum atomic E-state index is 11.8. The van der Waals surface area contributed by atoms with E-state index in [1.807, 2.05) is 13.8 Å². The molecule has 0 heterocycles. The maximum Gasteiger partial charge on any atom is 0.327 e. The number of esters is 1. The van der Waals surface area contributed by atoms with Gasteiger partial charge in [0.15, 0.2) is 0 Å². The van der Waals surface area contributed by atoms with Gasteiger partial charge in [-0.1, -0.05) is 12.1 Å². The highest BCUT2D eigenvalue weighted by Crippen LogP contribution is 2.18. The number of hydrogen-bond donors (Lipinski definition) is 2. The molecule has 2 N–H and O–H groups in total. The summed E-state index contributed by atoms with van der Waals surface area (Å²) in [5, 5.41) is 12.4. The van der Waals surface area contributed by atoms with Crippen LogP contribution in [-0.2, 0) is 9.53 Å². The number of carbonyl (C=O) groups excluding carboxylic acids is 1. The van der Waals surface area contributed by atoms with Crippen LogP contribution in [0.1, 0.15) is 32.4 Å². The molecule has 0 aliphatic carbocycles. The van der Waals surface area contributed by atoms with Crippen LogP contribution < -0.4 is 5.32 Å². The molecule has 0 aromatic heterocycles. The Kier molecular flexibility index (Phi) is 4.97. The fraction of sp³-hybridized carbons (Fsp3) is 0.462. The third-order valence-corrected chi connectivity index (χ3v) is 2.25. The zero-order chi connectivity index (χ0) is 12.8. The number of benzene rings is 1. The van der Waals surface area contributed by atoms with Gasteiger partial charge in [0.1, 0.15) is 11.8 Å². The van der Waals surface area contributed by atoms with Gasteiger partial charge in [-0.3, -0.25) is 5.32 Å². The molecule has 1 aromatic rings. The summed E-state index contributed by atoms with van der Waals surface area (Å²) in [5.41, 5.74) is 0.787. The molecule has 1 aromatic carbocycles. The molecule has 0 aliphatic rings. The molecule has 0 fully saturated rings. The average Bonchev–Trinajstić information content (AvgIpc) is 2.27. The Morgan fingerprint density at radius 3 is 2.41 bits per heavy atom. The van der Waals surface area contributed by atoms with E-state index in [0.29, 0.717) is 6.61 Å². The molecule has 0 saturated carbocycles. The van der Waals surface area contributed by atoms with Gasteiger partial charge in [0.2, 0.25) is 0 Å². The second-order valence-electron chi connectivity index (χ2n) is 4.10. The lowest BCUT2D eigenvalue weighted by Crippen LogP contribution is -2.34. The second-order valence-corrected chi connectivity index (χ2v) is 4.10. The molecule has 0 aliphatic heterocycles. The van der Waals surface area contributed by atoms with E-state index in [4.69, 9.17) is 4.74 Å². The lowest BCUT2D eigenvalue weighted by molar-refractivity contribution is -0.146. The summed E-state index contributed by atoms with van der Waals surface area (Å²) in [6.07, 6.45) is 0. The van der Waals surface area contributed by atoms with E-state index in [0.717, 1.165) is 5.56 Å². The summed E-state index contributed by atoms with van der Waals surface area (Å²) in [7, 11) is 0. The van der Waals surface area contributed by atoms with Gasteiger partial charge in [0, 0.05) is 6.04 Å². The van der Waals surface area contributed by atoms with Crippen molar-refractivity contribution in [2.24, 2.45) is 0 Å². The van der Waals surface area contributed by atoms with E-state index < -0.39 is 6.04 Å². The van der Waals surface area contributed by atoms with Crippen molar-refractivity contribution in [1.29, 1.82) is 0 Å². The van der Waals surface area contributed by atoms with Gasteiger partial charge in [-0.2, -0.15) is 0 Å². The highest BCUT2D eigenvalue weighted by molar-refractivity contribution is 5.77. The van der Waals surface area contributed by atoms with Crippen LogP contribution >= 0.6 is 0 Å². The largest absolute Gasteiger partial charge is 0.508 e. The van der Waals surface area contributed by atoms with E-state index in [-0.39, 0.29) is 17.8 Å². The first-order valence-corrected chi connectivity index (χ1v) is 5.76. The van der Waals surface area contributed by atoms with Crippen LogP contribution in [0, 0.1) is 0 Å². The molecule has 1 unspecified atom stereocenters. The predicted molar refractivity (Wildman–Crippen MR) is 65.8 cm³/mol. The smallest absolute Gasteiger partial charge is 0.327 e. The zero-order valence-electron chi connectivity index (χ0n) is 10.4. The van der Waals surface area contributed by atoms with Gasteiger partial charge in [-0.05, 0) is 38.5 Å². The monoisotopic (exact) mass is 237 g/mol. The number of ether oxygens (including phenoxy) is 1. The maximum absolute atomic E-state index is 11.8. The van der Waals surface area contributed by atoms with Crippen molar-refractivity contribution < 1.29 is 14.6 Å². The van der Waals surface area contributed by atoms with E-state index in [1.54, 1.807) is 31.2 Å². The SMILES string of the molecule is CCOC(=O)C(NC(C)C)c1ccc(O)cc1. The van der Waals surface area contributed by atoms with Crippen LogP contribution in [0.3, 0.4) is 0 Å². The summed E-state index contributed by atoms with van der Waals surface area (Å²) in [6, 6.07) is 6.22. The van der Waals surface area contributed by atoms with Crippen LogP contribution in [0.4, 0.5) is 0 Å². The van der Waals surface area contributed by atoms with Crippen molar-refractivity contribution in [3.05, 3.63) is 29.8 Å². The Bertz CT molecular complexity index is 359.